The van der Waals surface area contributed by atoms with E-state index in [1.807, 2.05) is 30.3 Å². The number of nitrogens with zero attached hydrogens (tertiary/aromatic N) is 1. The van der Waals surface area contributed by atoms with Crippen LogP contribution in [0.1, 0.15) is 12.0 Å². The number of ketones is 1. The van der Waals surface area contributed by atoms with Gasteiger partial charge in [-0.25, -0.2) is 0 Å². The molecule has 0 aliphatic carbocycles. The van der Waals surface area contributed by atoms with E-state index in [-0.39, 0.29) is 12.2 Å². The number of rotatable bonds is 5. The third-order valence-electron chi connectivity index (χ3n) is 4.47. The van der Waals surface area contributed by atoms with Crippen molar-refractivity contribution in [1.82, 2.24) is 4.98 Å². The van der Waals surface area contributed by atoms with E-state index in [4.69, 9.17) is 4.74 Å². The number of allylic oxidation sites excluding steroid dienone is 1. The van der Waals surface area contributed by atoms with Crippen molar-refractivity contribution in [2.45, 2.75) is 36.9 Å². The molecule has 2 aromatic rings. The lowest BCUT2D eigenvalue weighted by atomic mass is 9.92. The molecule has 0 radical (unpaired) electrons. The Balaban J connectivity index is 1.66. The second kappa shape index (κ2) is 8.03. The van der Waals surface area contributed by atoms with E-state index in [1.165, 1.54) is 6.08 Å². The van der Waals surface area contributed by atoms with Crippen molar-refractivity contribution in [2.75, 3.05) is 6.61 Å². The fourth-order valence-corrected chi connectivity index (χ4v) is 2.98. The van der Waals surface area contributed by atoms with Crippen molar-refractivity contribution in [2.24, 2.45) is 0 Å². The summed E-state index contributed by atoms with van der Waals surface area (Å²) in [5.74, 6) is -0.317. The first-order valence-electron chi connectivity index (χ1n) is 8.36. The Bertz CT molecular complexity index is 805. The van der Waals surface area contributed by atoms with Gasteiger partial charge in [0.05, 0.1) is 18.2 Å². The highest BCUT2D eigenvalue weighted by Crippen LogP contribution is 2.23. The summed E-state index contributed by atoms with van der Waals surface area (Å²) in [5, 5.41) is 39.6. The fourth-order valence-electron chi connectivity index (χ4n) is 2.98. The number of carbonyl (C=O) groups excluding carboxylic acids is 1. The summed E-state index contributed by atoms with van der Waals surface area (Å²) in [6, 6.07) is 9.53. The van der Waals surface area contributed by atoms with Gasteiger partial charge < -0.3 is 25.2 Å². The fraction of sp³-hybridized carbons (Fsp3) is 0.368. The van der Waals surface area contributed by atoms with Crippen LogP contribution in [-0.4, -0.2) is 68.3 Å². The molecule has 1 aromatic heterocycles. The van der Waals surface area contributed by atoms with Crippen molar-refractivity contribution >= 4 is 22.8 Å². The van der Waals surface area contributed by atoms with Crippen molar-refractivity contribution in [3.05, 3.63) is 48.2 Å². The zero-order valence-corrected chi connectivity index (χ0v) is 14.0. The number of fused-ring (bicyclic) bond motifs is 1. The molecule has 1 aliphatic heterocycles. The molecule has 7 heteroatoms. The van der Waals surface area contributed by atoms with Crippen LogP contribution in [-0.2, 0) is 9.53 Å². The van der Waals surface area contributed by atoms with Crippen molar-refractivity contribution in [1.29, 1.82) is 0 Å². The Hall–Kier alpha value is -2.16. The summed E-state index contributed by atoms with van der Waals surface area (Å²) < 4.78 is 5.33. The molecule has 3 rings (SSSR count). The van der Waals surface area contributed by atoms with Crippen LogP contribution in [0.25, 0.3) is 17.0 Å². The number of hydrogen-bond acceptors (Lipinski definition) is 7. The lowest BCUT2D eigenvalue weighted by Crippen LogP contribution is -2.58. The molecule has 26 heavy (non-hydrogen) atoms. The van der Waals surface area contributed by atoms with Crippen molar-refractivity contribution in [3.8, 4) is 0 Å². The smallest absolute Gasteiger partial charge is 0.158 e. The Kier molecular flexibility index (Phi) is 5.75. The highest BCUT2D eigenvalue weighted by Gasteiger charge is 2.43. The van der Waals surface area contributed by atoms with Gasteiger partial charge in [0, 0.05) is 18.0 Å². The van der Waals surface area contributed by atoms with Crippen molar-refractivity contribution in [3.63, 3.8) is 0 Å². The van der Waals surface area contributed by atoms with Gasteiger partial charge in [-0.05, 0) is 29.8 Å². The van der Waals surface area contributed by atoms with E-state index < -0.39 is 37.1 Å². The molecule has 1 aromatic carbocycles. The molecule has 0 spiro atoms. The van der Waals surface area contributed by atoms with Gasteiger partial charge in [0.1, 0.15) is 24.4 Å². The number of carbonyl (C=O) groups is 1. The SMILES string of the molecule is O=C(/C=C/c1cnc2ccccc2c1)C[C@@H]1O[C@H](CO)[C@H](O)[C@H](O)[C@H]1O. The van der Waals surface area contributed by atoms with Crippen LogP contribution >= 0.6 is 0 Å². The van der Waals surface area contributed by atoms with Gasteiger partial charge in [-0.15, -0.1) is 0 Å². The highest BCUT2D eigenvalue weighted by atomic mass is 16.5. The van der Waals surface area contributed by atoms with Crippen LogP contribution in [0, 0.1) is 0 Å². The second-order valence-electron chi connectivity index (χ2n) is 6.33. The highest BCUT2D eigenvalue weighted by molar-refractivity contribution is 5.94. The molecule has 7 nitrogen and oxygen atoms in total. The zero-order valence-electron chi connectivity index (χ0n) is 14.0. The first-order valence-corrected chi connectivity index (χ1v) is 8.36. The number of para-hydroxylation sites is 1. The maximum absolute atomic E-state index is 12.2. The Morgan fingerprint density at radius 2 is 1.85 bits per heavy atom. The molecule has 0 saturated carbocycles. The first kappa shape index (κ1) is 18.6. The topological polar surface area (TPSA) is 120 Å². The average Bonchev–Trinajstić information content (AvgIpc) is 2.66. The molecule has 1 fully saturated rings. The number of pyridine rings is 1. The zero-order chi connectivity index (χ0) is 18.7. The van der Waals surface area contributed by atoms with Gasteiger partial charge in [-0.1, -0.05) is 18.2 Å². The quantitative estimate of drug-likeness (QED) is 0.557. The number of aromatic nitrogens is 1. The maximum Gasteiger partial charge on any atom is 0.158 e. The normalized spacial score (nSPS) is 29.3. The minimum absolute atomic E-state index is 0.182. The second-order valence-corrected chi connectivity index (χ2v) is 6.33. The van der Waals surface area contributed by atoms with Crippen LogP contribution in [0.2, 0.25) is 0 Å². The molecule has 4 N–H and O–H groups in total. The molecule has 2 heterocycles. The van der Waals surface area contributed by atoms with Crippen LogP contribution < -0.4 is 0 Å². The van der Waals surface area contributed by atoms with E-state index in [2.05, 4.69) is 4.98 Å². The van der Waals surface area contributed by atoms with Crippen LogP contribution in [0.4, 0.5) is 0 Å². The van der Waals surface area contributed by atoms with E-state index in [9.17, 15) is 25.2 Å². The van der Waals surface area contributed by atoms with Gasteiger partial charge in [0.25, 0.3) is 0 Å². The third kappa shape index (κ3) is 3.98. The van der Waals surface area contributed by atoms with Crippen LogP contribution in [0.15, 0.2) is 42.6 Å². The van der Waals surface area contributed by atoms with E-state index in [1.54, 1.807) is 12.3 Å². The summed E-state index contributed by atoms with van der Waals surface area (Å²) in [7, 11) is 0. The Morgan fingerprint density at radius 1 is 1.12 bits per heavy atom. The number of hydrogen-bond donors (Lipinski definition) is 4. The number of aliphatic hydroxyl groups is 4. The molecule has 1 aliphatic rings. The summed E-state index contributed by atoms with van der Waals surface area (Å²) in [6.45, 7) is -0.520. The Morgan fingerprint density at radius 3 is 2.62 bits per heavy atom. The lowest BCUT2D eigenvalue weighted by Gasteiger charge is -2.39. The molecule has 0 amide bonds. The van der Waals surface area contributed by atoms with Crippen LogP contribution in [0.5, 0.6) is 0 Å². The van der Waals surface area contributed by atoms with Gasteiger partial charge in [0.15, 0.2) is 5.78 Å². The molecular formula is C19H21NO6. The standard InChI is InChI=1S/C19H21NO6/c21-10-16-18(24)19(25)17(23)15(26-16)8-13(22)6-5-11-7-12-3-1-2-4-14(12)20-9-11/h1-7,9,15-19,21,23-25H,8,10H2/b6-5+/t15-,16+,17-,18-,19+/m0/s1. The minimum Gasteiger partial charge on any atom is -0.394 e. The number of benzene rings is 1. The summed E-state index contributed by atoms with van der Waals surface area (Å²) >= 11 is 0. The summed E-state index contributed by atoms with van der Waals surface area (Å²) in [4.78, 5) is 16.5. The third-order valence-corrected chi connectivity index (χ3v) is 4.47. The van der Waals surface area contributed by atoms with E-state index in [0.717, 1.165) is 16.5 Å². The predicted octanol–water partition coefficient (Wildman–Crippen LogP) is 0.0496. The molecule has 138 valence electrons. The van der Waals surface area contributed by atoms with E-state index in [0.29, 0.717) is 0 Å². The van der Waals surface area contributed by atoms with Crippen molar-refractivity contribution < 1.29 is 30.0 Å². The molecular weight excluding hydrogens is 338 g/mol. The largest absolute Gasteiger partial charge is 0.394 e. The molecule has 0 bridgehead atoms. The molecule has 1 saturated heterocycles. The lowest BCUT2D eigenvalue weighted by molar-refractivity contribution is -0.229. The van der Waals surface area contributed by atoms with Gasteiger partial charge in [-0.2, -0.15) is 0 Å². The molecule has 0 unspecified atom stereocenters. The Labute approximate surface area is 150 Å². The monoisotopic (exact) mass is 359 g/mol. The van der Waals surface area contributed by atoms with E-state index >= 15 is 0 Å². The number of ether oxygens (including phenoxy) is 1. The minimum atomic E-state index is -1.48. The molecule has 5 atom stereocenters. The average molecular weight is 359 g/mol. The van der Waals surface area contributed by atoms with Gasteiger partial charge in [-0.3, -0.25) is 9.78 Å². The van der Waals surface area contributed by atoms with Gasteiger partial charge >= 0.3 is 0 Å². The predicted molar refractivity (Wildman–Crippen MR) is 94.2 cm³/mol. The van der Waals surface area contributed by atoms with Gasteiger partial charge in [0.2, 0.25) is 0 Å². The number of aliphatic hydroxyl groups excluding tert-OH is 4. The summed E-state index contributed by atoms with van der Waals surface area (Å²) in [6.07, 6.45) is -1.89. The maximum atomic E-state index is 12.2. The van der Waals surface area contributed by atoms with Crippen LogP contribution in [0.3, 0.4) is 0 Å². The summed E-state index contributed by atoms with van der Waals surface area (Å²) in [5.41, 5.74) is 1.61. The first-order chi connectivity index (χ1) is 12.5.